The smallest absolute Gasteiger partial charge is 0.256 e. The van der Waals surface area contributed by atoms with E-state index in [1.54, 1.807) is 10.7 Å². The number of hydrogen-bond acceptors (Lipinski definition) is 5. The Bertz CT molecular complexity index is 1250. The van der Waals surface area contributed by atoms with Gasteiger partial charge in [0.2, 0.25) is 5.91 Å². The average Bonchev–Trinajstić information content (AvgIpc) is 3.26. The van der Waals surface area contributed by atoms with Crippen LogP contribution < -0.4 is 10.6 Å². The molecule has 0 bridgehead atoms. The van der Waals surface area contributed by atoms with E-state index in [0.29, 0.717) is 42.6 Å². The highest BCUT2D eigenvalue weighted by molar-refractivity contribution is 6.33. The van der Waals surface area contributed by atoms with Crippen molar-refractivity contribution in [3.05, 3.63) is 58.3 Å². The molecular formula is C25H30ClFN6O2. The van der Waals surface area contributed by atoms with Crippen LogP contribution >= 0.6 is 11.6 Å². The number of fused-ring (bicyclic) bond motifs is 1. The SMILES string of the molecule is Cc1c([C@@H](C)N(C)C)cnc2c(C(=O)NC3CCC(C(=O)Nc4ccc(F)cc4Cl)CC3)cnn12. The van der Waals surface area contributed by atoms with Gasteiger partial charge in [0.15, 0.2) is 5.65 Å². The van der Waals surface area contributed by atoms with Gasteiger partial charge >= 0.3 is 0 Å². The van der Waals surface area contributed by atoms with Crippen LogP contribution in [0.1, 0.15) is 60.3 Å². The summed E-state index contributed by atoms with van der Waals surface area (Å²) in [6.45, 7) is 4.07. The Morgan fingerprint density at radius 3 is 2.57 bits per heavy atom. The van der Waals surface area contributed by atoms with Crippen LogP contribution in [-0.4, -0.2) is 51.4 Å². The van der Waals surface area contributed by atoms with E-state index in [4.69, 9.17) is 11.6 Å². The first kappa shape index (κ1) is 25.1. The third-order valence-corrected chi connectivity index (χ3v) is 7.21. The van der Waals surface area contributed by atoms with Crippen molar-refractivity contribution in [3.63, 3.8) is 0 Å². The van der Waals surface area contributed by atoms with Crippen molar-refractivity contribution in [3.8, 4) is 0 Å². The van der Waals surface area contributed by atoms with E-state index in [2.05, 4.69) is 32.5 Å². The number of aryl methyl sites for hydroxylation is 1. The molecule has 0 unspecified atom stereocenters. The molecule has 2 heterocycles. The van der Waals surface area contributed by atoms with Gasteiger partial charge in [0.1, 0.15) is 11.4 Å². The van der Waals surface area contributed by atoms with Crippen molar-refractivity contribution >= 4 is 34.7 Å². The number of benzene rings is 1. The van der Waals surface area contributed by atoms with Crippen molar-refractivity contribution in [1.29, 1.82) is 0 Å². The summed E-state index contributed by atoms with van der Waals surface area (Å²) in [6, 6.07) is 4.01. The highest BCUT2D eigenvalue weighted by Crippen LogP contribution is 2.29. The summed E-state index contributed by atoms with van der Waals surface area (Å²) in [5, 5.41) is 10.4. The lowest BCUT2D eigenvalue weighted by atomic mass is 9.85. The van der Waals surface area contributed by atoms with E-state index in [9.17, 15) is 14.0 Å². The fourth-order valence-electron chi connectivity index (χ4n) is 4.50. The van der Waals surface area contributed by atoms with Gasteiger partial charge in [-0.05, 0) is 71.8 Å². The first-order valence-corrected chi connectivity index (χ1v) is 12.1. The maximum absolute atomic E-state index is 13.2. The van der Waals surface area contributed by atoms with Gasteiger partial charge in [0.05, 0.1) is 16.9 Å². The molecule has 1 aliphatic carbocycles. The van der Waals surface area contributed by atoms with Crippen LogP contribution in [0.3, 0.4) is 0 Å². The molecule has 35 heavy (non-hydrogen) atoms. The molecule has 10 heteroatoms. The summed E-state index contributed by atoms with van der Waals surface area (Å²) >= 11 is 6.01. The molecule has 2 N–H and O–H groups in total. The van der Waals surface area contributed by atoms with E-state index in [1.807, 2.05) is 27.2 Å². The zero-order valence-corrected chi connectivity index (χ0v) is 21.1. The van der Waals surface area contributed by atoms with Crippen LogP contribution in [0.2, 0.25) is 5.02 Å². The second-order valence-corrected chi connectivity index (χ2v) is 9.77. The molecule has 186 valence electrons. The molecule has 1 saturated carbocycles. The molecule has 0 saturated heterocycles. The molecule has 0 spiro atoms. The number of carbonyl (C=O) groups is 2. The molecule has 0 aliphatic heterocycles. The first-order valence-electron chi connectivity index (χ1n) is 11.7. The molecule has 1 aromatic carbocycles. The Balaban J connectivity index is 1.36. The molecule has 3 aromatic rings. The second-order valence-electron chi connectivity index (χ2n) is 9.37. The van der Waals surface area contributed by atoms with Crippen LogP contribution in [0.15, 0.2) is 30.6 Å². The Kier molecular flexibility index (Phi) is 7.37. The number of nitrogens with one attached hydrogen (secondary N) is 2. The molecule has 1 atom stereocenters. The predicted octanol–water partition coefficient (Wildman–Crippen LogP) is 4.38. The minimum Gasteiger partial charge on any atom is -0.349 e. The molecule has 4 rings (SSSR count). The van der Waals surface area contributed by atoms with Gasteiger partial charge in [-0.15, -0.1) is 0 Å². The normalized spacial score (nSPS) is 19.1. The maximum Gasteiger partial charge on any atom is 0.256 e. The third kappa shape index (κ3) is 5.31. The monoisotopic (exact) mass is 500 g/mol. The Morgan fingerprint density at radius 2 is 1.91 bits per heavy atom. The molecule has 1 aliphatic rings. The first-order chi connectivity index (χ1) is 16.7. The van der Waals surface area contributed by atoms with Crippen molar-refractivity contribution in [1.82, 2.24) is 24.8 Å². The Labute approximate surface area is 208 Å². The maximum atomic E-state index is 13.2. The van der Waals surface area contributed by atoms with Gasteiger partial charge in [-0.25, -0.2) is 13.9 Å². The number of amides is 2. The van der Waals surface area contributed by atoms with E-state index in [-0.39, 0.29) is 34.8 Å². The number of hydrogen-bond donors (Lipinski definition) is 2. The van der Waals surface area contributed by atoms with Crippen molar-refractivity contribution in [2.45, 2.75) is 51.6 Å². The van der Waals surface area contributed by atoms with Gasteiger partial charge in [0.25, 0.3) is 5.91 Å². The molecule has 8 nitrogen and oxygen atoms in total. The van der Waals surface area contributed by atoms with Crippen LogP contribution in [0.4, 0.5) is 10.1 Å². The van der Waals surface area contributed by atoms with Gasteiger partial charge in [0, 0.05) is 35.5 Å². The lowest BCUT2D eigenvalue weighted by Gasteiger charge is -2.28. The zero-order valence-electron chi connectivity index (χ0n) is 20.3. The summed E-state index contributed by atoms with van der Waals surface area (Å²) in [5.41, 5.74) is 3.36. The molecule has 2 amide bonds. The molecule has 0 radical (unpaired) electrons. The number of aromatic nitrogens is 3. The van der Waals surface area contributed by atoms with Gasteiger partial charge < -0.3 is 15.5 Å². The quantitative estimate of drug-likeness (QED) is 0.524. The van der Waals surface area contributed by atoms with Gasteiger partial charge in [-0.3, -0.25) is 9.59 Å². The van der Waals surface area contributed by atoms with Crippen molar-refractivity contribution < 1.29 is 14.0 Å². The largest absolute Gasteiger partial charge is 0.349 e. The van der Waals surface area contributed by atoms with E-state index in [0.717, 1.165) is 11.3 Å². The lowest BCUT2D eigenvalue weighted by molar-refractivity contribution is -0.120. The molecule has 1 fully saturated rings. The van der Waals surface area contributed by atoms with Crippen molar-refractivity contribution in [2.24, 2.45) is 5.92 Å². The summed E-state index contributed by atoms with van der Waals surface area (Å²) in [5.74, 6) is -1.01. The third-order valence-electron chi connectivity index (χ3n) is 6.90. The standard InChI is InChI=1S/C25H30ClFN6O2/c1-14(32(3)4)19-12-28-23-20(13-29-33(23)15(19)2)25(35)30-18-8-5-16(6-9-18)24(34)31-22-10-7-17(27)11-21(22)26/h7,10-14,16,18H,5-6,8-9H2,1-4H3,(H,30,35)(H,31,34)/t14-,16?,18?/m1/s1. The predicted molar refractivity (Wildman–Crippen MR) is 133 cm³/mol. The fourth-order valence-corrected chi connectivity index (χ4v) is 4.71. The number of halogens is 2. The number of anilines is 1. The van der Waals surface area contributed by atoms with E-state index in [1.165, 1.54) is 18.2 Å². The average molecular weight is 501 g/mol. The number of carbonyl (C=O) groups excluding carboxylic acids is 2. The summed E-state index contributed by atoms with van der Waals surface area (Å²) in [4.78, 5) is 32.3. The number of nitrogens with zero attached hydrogens (tertiary/aromatic N) is 4. The number of rotatable bonds is 6. The summed E-state index contributed by atoms with van der Waals surface area (Å²) in [7, 11) is 4.01. The Hall–Kier alpha value is -3.04. The minimum absolute atomic E-state index is 0.0370. The van der Waals surface area contributed by atoms with Crippen LogP contribution in [0, 0.1) is 18.7 Å². The van der Waals surface area contributed by atoms with Crippen molar-refractivity contribution in [2.75, 3.05) is 19.4 Å². The summed E-state index contributed by atoms with van der Waals surface area (Å²) < 4.78 is 14.9. The topological polar surface area (TPSA) is 91.6 Å². The highest BCUT2D eigenvalue weighted by atomic mass is 35.5. The van der Waals surface area contributed by atoms with Crippen LogP contribution in [0.25, 0.3) is 5.65 Å². The van der Waals surface area contributed by atoms with Crippen LogP contribution in [0.5, 0.6) is 0 Å². The second kappa shape index (κ2) is 10.3. The zero-order chi connectivity index (χ0) is 25.3. The molecular weight excluding hydrogens is 471 g/mol. The minimum atomic E-state index is -0.454. The van der Waals surface area contributed by atoms with E-state index < -0.39 is 5.82 Å². The van der Waals surface area contributed by atoms with E-state index >= 15 is 0 Å². The van der Waals surface area contributed by atoms with Crippen LogP contribution in [-0.2, 0) is 4.79 Å². The molecule has 2 aromatic heterocycles. The fraction of sp³-hybridized carbons (Fsp3) is 0.440. The Morgan fingerprint density at radius 1 is 1.20 bits per heavy atom. The lowest BCUT2D eigenvalue weighted by Crippen LogP contribution is -2.39. The van der Waals surface area contributed by atoms with Gasteiger partial charge in [-0.1, -0.05) is 11.6 Å². The highest BCUT2D eigenvalue weighted by Gasteiger charge is 2.28. The van der Waals surface area contributed by atoms with Gasteiger partial charge in [-0.2, -0.15) is 5.10 Å². The summed E-state index contributed by atoms with van der Waals surface area (Å²) in [6.07, 6.45) is 5.99.